The zero-order valence-electron chi connectivity index (χ0n) is 10.1. The van der Waals surface area contributed by atoms with E-state index in [1.165, 1.54) is 27.8 Å². The summed E-state index contributed by atoms with van der Waals surface area (Å²) < 4.78 is 2.08. The number of hydrogen-bond donors (Lipinski definition) is 0. The Morgan fingerprint density at radius 3 is 2.82 bits per heavy atom. The smallest absolute Gasteiger partial charge is 0.103 e. The zero-order chi connectivity index (χ0) is 12.0. The van der Waals surface area contributed by atoms with E-state index < -0.39 is 0 Å². The fourth-order valence-electron chi connectivity index (χ4n) is 2.96. The highest BCUT2D eigenvalue weighted by atomic mass is 32.2. The minimum atomic E-state index is 0.862. The molecular weight excluding hydrogens is 228 g/mol. The second-order valence-corrected chi connectivity index (χ2v) is 5.34. The lowest BCUT2D eigenvalue weighted by Gasteiger charge is -2.11. The van der Waals surface area contributed by atoms with Gasteiger partial charge in [0.1, 0.15) is 6.07 Å². The Morgan fingerprint density at radius 2 is 2.12 bits per heavy atom. The molecule has 0 atom stereocenters. The van der Waals surface area contributed by atoms with Gasteiger partial charge in [-0.2, -0.15) is 5.26 Å². The second kappa shape index (κ2) is 3.82. The normalized spacial score (nSPS) is 13.9. The minimum absolute atomic E-state index is 0.862. The molecule has 3 heteroatoms. The maximum atomic E-state index is 9.44. The fraction of sp³-hybridized carbons (Fsp3) is 0.357. The summed E-state index contributed by atoms with van der Waals surface area (Å²) in [5.41, 5.74) is 4.87. The molecule has 0 aliphatic heterocycles. The molecule has 0 saturated heterocycles. The molecule has 1 aromatic heterocycles. The van der Waals surface area contributed by atoms with Gasteiger partial charge in [-0.25, -0.2) is 0 Å². The van der Waals surface area contributed by atoms with Gasteiger partial charge in [-0.05, 0) is 42.7 Å². The first-order valence-electron chi connectivity index (χ1n) is 5.84. The lowest BCUT2D eigenvalue weighted by molar-refractivity contribution is 0.906. The Bertz CT molecular complexity index is 647. The van der Waals surface area contributed by atoms with Crippen LogP contribution in [0.4, 0.5) is 0 Å². The van der Waals surface area contributed by atoms with Gasteiger partial charge >= 0.3 is 0 Å². The largest absolute Gasteiger partial charge is 0.349 e. The van der Waals surface area contributed by atoms with Crippen LogP contribution in [-0.2, 0) is 19.9 Å². The van der Waals surface area contributed by atoms with Crippen molar-refractivity contribution >= 4 is 22.7 Å². The van der Waals surface area contributed by atoms with E-state index in [4.69, 9.17) is 0 Å². The first-order valence-corrected chi connectivity index (χ1v) is 7.07. The van der Waals surface area contributed by atoms with Gasteiger partial charge in [0.15, 0.2) is 0 Å². The monoisotopic (exact) mass is 242 g/mol. The Labute approximate surface area is 105 Å². The van der Waals surface area contributed by atoms with Crippen LogP contribution in [0, 0.1) is 11.3 Å². The third-order valence-electron chi connectivity index (χ3n) is 3.67. The Morgan fingerprint density at radius 1 is 1.35 bits per heavy atom. The average molecular weight is 242 g/mol. The molecule has 0 unspecified atom stereocenters. The first kappa shape index (κ1) is 10.7. The van der Waals surface area contributed by atoms with Crippen LogP contribution in [0.1, 0.15) is 23.1 Å². The lowest BCUT2D eigenvalue weighted by atomic mass is 10.0. The predicted octanol–water partition coefficient (Wildman–Crippen LogP) is 3.26. The van der Waals surface area contributed by atoms with Crippen molar-refractivity contribution in [2.24, 2.45) is 7.05 Å². The Kier molecular flexibility index (Phi) is 2.41. The molecule has 0 bridgehead atoms. The quantitative estimate of drug-likeness (QED) is 0.718. The molecule has 1 aliphatic rings. The molecule has 17 heavy (non-hydrogen) atoms. The Hall–Kier alpha value is -1.40. The molecule has 0 radical (unpaired) electrons. The highest BCUT2D eigenvalue weighted by Gasteiger charge is 2.23. The van der Waals surface area contributed by atoms with Gasteiger partial charge < -0.3 is 4.57 Å². The molecular formula is C14H14N2S. The summed E-state index contributed by atoms with van der Waals surface area (Å²) in [6.07, 6.45) is 7.65. The van der Waals surface area contributed by atoms with Crippen LogP contribution in [0.2, 0.25) is 0 Å². The number of benzene rings is 1. The van der Waals surface area contributed by atoms with E-state index in [0.717, 1.165) is 23.9 Å². The van der Waals surface area contributed by atoms with Crippen LogP contribution in [0.3, 0.4) is 0 Å². The predicted molar refractivity (Wildman–Crippen MR) is 71.4 cm³/mol. The summed E-state index contributed by atoms with van der Waals surface area (Å²) in [5, 5.41) is 10.7. The summed E-state index contributed by atoms with van der Waals surface area (Å²) in [4.78, 5) is 1.20. The first-order chi connectivity index (χ1) is 8.27. The standard InChI is InChI=1S/C14H14N2S/c1-16-7-6-10-9-4-3-5-11(9)14(17-2)12(8-15)13(10)16/h6-7H,3-5H2,1-2H3. The van der Waals surface area contributed by atoms with E-state index in [9.17, 15) is 5.26 Å². The summed E-state index contributed by atoms with van der Waals surface area (Å²) in [6.45, 7) is 0. The van der Waals surface area contributed by atoms with Crippen LogP contribution in [0.15, 0.2) is 17.2 Å². The minimum Gasteiger partial charge on any atom is -0.349 e. The molecule has 0 spiro atoms. The summed E-state index contributed by atoms with van der Waals surface area (Å²) in [5.74, 6) is 0. The zero-order valence-corrected chi connectivity index (χ0v) is 10.9. The molecule has 1 aliphatic carbocycles. The highest BCUT2D eigenvalue weighted by molar-refractivity contribution is 7.98. The van der Waals surface area contributed by atoms with Crippen molar-refractivity contribution in [3.8, 4) is 6.07 Å². The van der Waals surface area contributed by atoms with Crippen LogP contribution < -0.4 is 0 Å². The van der Waals surface area contributed by atoms with E-state index in [0.29, 0.717) is 0 Å². The summed E-state index contributed by atoms with van der Waals surface area (Å²) in [6, 6.07) is 4.56. The van der Waals surface area contributed by atoms with Gasteiger partial charge in [0.25, 0.3) is 0 Å². The van der Waals surface area contributed by atoms with Crippen molar-refractivity contribution in [1.29, 1.82) is 5.26 Å². The molecule has 86 valence electrons. The van der Waals surface area contributed by atoms with Gasteiger partial charge in [0.2, 0.25) is 0 Å². The van der Waals surface area contributed by atoms with Crippen LogP contribution in [0.25, 0.3) is 10.9 Å². The summed E-state index contributed by atoms with van der Waals surface area (Å²) >= 11 is 1.72. The summed E-state index contributed by atoms with van der Waals surface area (Å²) in [7, 11) is 2.02. The third-order valence-corrected chi connectivity index (χ3v) is 4.53. The number of nitrogens with zero attached hydrogens (tertiary/aromatic N) is 2. The molecule has 0 N–H and O–H groups in total. The molecule has 0 fully saturated rings. The van der Waals surface area contributed by atoms with Crippen molar-refractivity contribution in [1.82, 2.24) is 4.57 Å². The average Bonchev–Trinajstić information content (AvgIpc) is 2.94. The van der Waals surface area contributed by atoms with E-state index in [-0.39, 0.29) is 0 Å². The molecule has 2 aromatic rings. The van der Waals surface area contributed by atoms with Crippen molar-refractivity contribution < 1.29 is 0 Å². The maximum Gasteiger partial charge on any atom is 0.103 e. The van der Waals surface area contributed by atoms with E-state index in [2.05, 4.69) is 29.2 Å². The van der Waals surface area contributed by atoms with Gasteiger partial charge in [-0.3, -0.25) is 0 Å². The van der Waals surface area contributed by atoms with Gasteiger partial charge in [0.05, 0.1) is 11.1 Å². The molecule has 1 aromatic carbocycles. The van der Waals surface area contributed by atoms with Crippen molar-refractivity contribution in [3.63, 3.8) is 0 Å². The van der Waals surface area contributed by atoms with E-state index in [1.54, 1.807) is 11.8 Å². The fourth-order valence-corrected chi connectivity index (χ4v) is 3.78. The number of hydrogen-bond acceptors (Lipinski definition) is 2. The number of thioether (sulfide) groups is 1. The van der Waals surface area contributed by atoms with Gasteiger partial charge in [-0.15, -0.1) is 11.8 Å². The van der Waals surface area contributed by atoms with Crippen molar-refractivity contribution in [2.75, 3.05) is 6.26 Å². The third kappa shape index (κ3) is 1.34. The van der Waals surface area contributed by atoms with Crippen LogP contribution in [0.5, 0.6) is 0 Å². The second-order valence-electron chi connectivity index (χ2n) is 4.52. The topological polar surface area (TPSA) is 28.7 Å². The molecule has 0 saturated carbocycles. The van der Waals surface area contributed by atoms with Crippen LogP contribution in [-0.4, -0.2) is 10.8 Å². The van der Waals surface area contributed by atoms with Crippen LogP contribution >= 0.6 is 11.8 Å². The maximum absolute atomic E-state index is 9.44. The SMILES string of the molecule is CSc1c2c(c3ccn(C)c3c1C#N)CCC2. The van der Waals surface area contributed by atoms with E-state index in [1.807, 2.05) is 7.05 Å². The van der Waals surface area contributed by atoms with Gasteiger partial charge in [0, 0.05) is 23.5 Å². The van der Waals surface area contributed by atoms with Gasteiger partial charge in [-0.1, -0.05) is 0 Å². The van der Waals surface area contributed by atoms with Crippen molar-refractivity contribution in [3.05, 3.63) is 29.0 Å². The number of aryl methyl sites for hydroxylation is 2. The number of aromatic nitrogens is 1. The lowest BCUT2D eigenvalue weighted by Crippen LogP contribution is -1.96. The molecule has 0 amide bonds. The van der Waals surface area contributed by atoms with E-state index >= 15 is 0 Å². The van der Waals surface area contributed by atoms with Crippen molar-refractivity contribution in [2.45, 2.75) is 24.2 Å². The molecule has 2 nitrogen and oxygen atoms in total. The Balaban J connectivity index is 2.53. The molecule has 1 heterocycles. The highest BCUT2D eigenvalue weighted by Crippen LogP contribution is 2.40. The molecule has 3 rings (SSSR count). The number of rotatable bonds is 1. The number of fused-ring (bicyclic) bond motifs is 3. The number of nitriles is 1.